The third kappa shape index (κ3) is 3.68. The van der Waals surface area contributed by atoms with Crippen LogP contribution in [0.4, 0.5) is 5.13 Å². The Morgan fingerprint density at radius 1 is 1.17 bits per heavy atom. The standard InChI is InChI=1S/C17H17ClN4S/c1-3-8-19-17-20-10-16(23-17)15-9-14(21-11(2)22-15)12-6-4-5-7-13(12)18/h4-7,9-10H,3,8H2,1-2H3,(H,19,20). The Balaban J connectivity index is 1.98. The lowest BCUT2D eigenvalue weighted by atomic mass is 10.1. The number of hydrogen-bond donors (Lipinski definition) is 1. The van der Waals surface area contributed by atoms with Gasteiger partial charge in [0.05, 0.1) is 16.3 Å². The highest BCUT2D eigenvalue weighted by molar-refractivity contribution is 7.18. The summed E-state index contributed by atoms with van der Waals surface area (Å²) < 4.78 is 0. The van der Waals surface area contributed by atoms with E-state index < -0.39 is 0 Å². The van der Waals surface area contributed by atoms with E-state index in [2.05, 4.69) is 27.2 Å². The Kier molecular flexibility index (Phi) is 4.88. The second-order valence-corrected chi connectivity index (χ2v) is 6.56. The van der Waals surface area contributed by atoms with E-state index in [4.69, 9.17) is 11.6 Å². The van der Waals surface area contributed by atoms with E-state index >= 15 is 0 Å². The zero-order valence-corrected chi connectivity index (χ0v) is 14.6. The minimum atomic E-state index is 0.686. The minimum Gasteiger partial charge on any atom is -0.362 e. The fourth-order valence-corrected chi connectivity index (χ4v) is 3.24. The molecule has 0 aliphatic rings. The minimum absolute atomic E-state index is 0.686. The molecule has 0 fully saturated rings. The summed E-state index contributed by atoms with van der Waals surface area (Å²) >= 11 is 7.89. The highest BCUT2D eigenvalue weighted by atomic mass is 35.5. The van der Waals surface area contributed by atoms with Crippen molar-refractivity contribution in [2.75, 3.05) is 11.9 Å². The van der Waals surface area contributed by atoms with Crippen LogP contribution in [-0.2, 0) is 0 Å². The summed E-state index contributed by atoms with van der Waals surface area (Å²) in [6.45, 7) is 4.94. The van der Waals surface area contributed by atoms with E-state index in [-0.39, 0.29) is 0 Å². The van der Waals surface area contributed by atoms with E-state index in [1.54, 1.807) is 11.3 Å². The second-order valence-electron chi connectivity index (χ2n) is 5.12. The van der Waals surface area contributed by atoms with Gasteiger partial charge in [0.1, 0.15) is 5.82 Å². The number of nitrogens with zero attached hydrogens (tertiary/aromatic N) is 3. The Bertz CT molecular complexity index is 816. The van der Waals surface area contributed by atoms with Crippen molar-refractivity contribution >= 4 is 28.1 Å². The van der Waals surface area contributed by atoms with Crippen molar-refractivity contribution in [3.63, 3.8) is 0 Å². The Morgan fingerprint density at radius 2 is 1.96 bits per heavy atom. The summed E-state index contributed by atoms with van der Waals surface area (Å²) in [5.41, 5.74) is 2.61. The number of halogens is 1. The average molecular weight is 345 g/mol. The largest absolute Gasteiger partial charge is 0.362 e. The number of thiazole rings is 1. The van der Waals surface area contributed by atoms with E-state index in [9.17, 15) is 0 Å². The van der Waals surface area contributed by atoms with Gasteiger partial charge in [-0.3, -0.25) is 0 Å². The maximum Gasteiger partial charge on any atom is 0.183 e. The lowest BCUT2D eigenvalue weighted by Gasteiger charge is -2.06. The molecule has 0 unspecified atom stereocenters. The van der Waals surface area contributed by atoms with Gasteiger partial charge in [0.15, 0.2) is 5.13 Å². The van der Waals surface area contributed by atoms with E-state index in [1.165, 1.54) is 0 Å². The molecular formula is C17H17ClN4S. The summed E-state index contributed by atoms with van der Waals surface area (Å²) in [4.78, 5) is 14.5. The molecule has 1 aromatic carbocycles. The van der Waals surface area contributed by atoms with Gasteiger partial charge in [-0.2, -0.15) is 0 Å². The van der Waals surface area contributed by atoms with E-state index in [1.807, 2.05) is 43.5 Å². The molecule has 0 bridgehead atoms. The molecule has 23 heavy (non-hydrogen) atoms. The molecule has 0 aliphatic heterocycles. The molecule has 3 aromatic rings. The van der Waals surface area contributed by atoms with Gasteiger partial charge in [-0.1, -0.05) is 48.1 Å². The van der Waals surface area contributed by atoms with Gasteiger partial charge >= 0.3 is 0 Å². The molecule has 0 saturated carbocycles. The highest BCUT2D eigenvalue weighted by Gasteiger charge is 2.11. The van der Waals surface area contributed by atoms with Gasteiger partial charge in [0.25, 0.3) is 0 Å². The first-order chi connectivity index (χ1) is 11.2. The average Bonchev–Trinajstić information content (AvgIpc) is 3.02. The molecule has 3 rings (SSSR count). The first-order valence-corrected chi connectivity index (χ1v) is 8.67. The monoisotopic (exact) mass is 344 g/mol. The highest BCUT2D eigenvalue weighted by Crippen LogP contribution is 2.32. The summed E-state index contributed by atoms with van der Waals surface area (Å²) in [6, 6.07) is 9.67. The molecule has 2 heterocycles. The van der Waals surface area contributed by atoms with Gasteiger partial charge in [0, 0.05) is 23.3 Å². The fraction of sp³-hybridized carbons (Fsp3) is 0.235. The molecule has 6 heteroatoms. The van der Waals surface area contributed by atoms with E-state index in [0.29, 0.717) is 10.8 Å². The zero-order valence-electron chi connectivity index (χ0n) is 13.0. The topological polar surface area (TPSA) is 50.7 Å². The summed E-state index contributed by atoms with van der Waals surface area (Å²) in [5.74, 6) is 0.717. The van der Waals surface area contributed by atoms with Crippen molar-refractivity contribution in [3.05, 3.63) is 47.4 Å². The number of rotatable bonds is 5. The Morgan fingerprint density at radius 3 is 2.74 bits per heavy atom. The molecule has 0 saturated heterocycles. The van der Waals surface area contributed by atoms with Gasteiger partial charge in [-0.05, 0) is 25.5 Å². The van der Waals surface area contributed by atoms with Gasteiger partial charge in [-0.25, -0.2) is 15.0 Å². The molecule has 0 atom stereocenters. The van der Waals surface area contributed by atoms with Crippen LogP contribution >= 0.6 is 22.9 Å². The fourth-order valence-electron chi connectivity index (χ4n) is 2.21. The number of benzene rings is 1. The predicted molar refractivity (Wildman–Crippen MR) is 97.1 cm³/mol. The quantitative estimate of drug-likeness (QED) is 0.703. The molecule has 0 amide bonds. The zero-order chi connectivity index (χ0) is 16.2. The maximum absolute atomic E-state index is 6.29. The summed E-state index contributed by atoms with van der Waals surface area (Å²) in [6.07, 6.45) is 2.92. The van der Waals surface area contributed by atoms with Crippen molar-refractivity contribution in [1.29, 1.82) is 0 Å². The summed E-state index contributed by atoms with van der Waals surface area (Å²) in [5, 5.41) is 4.90. The molecule has 2 aromatic heterocycles. The van der Waals surface area contributed by atoms with Crippen LogP contribution in [0.25, 0.3) is 21.8 Å². The van der Waals surface area contributed by atoms with Crippen LogP contribution in [0.1, 0.15) is 19.2 Å². The SMILES string of the molecule is CCCNc1ncc(-c2cc(-c3ccccc3Cl)nc(C)n2)s1. The molecule has 1 N–H and O–H groups in total. The van der Waals surface area contributed by atoms with Crippen molar-refractivity contribution in [1.82, 2.24) is 15.0 Å². The normalized spacial score (nSPS) is 10.7. The lowest BCUT2D eigenvalue weighted by Crippen LogP contribution is -1.97. The smallest absolute Gasteiger partial charge is 0.183 e. The first kappa shape index (κ1) is 15.9. The number of aryl methyl sites for hydroxylation is 1. The Labute approximate surface area is 144 Å². The number of anilines is 1. The molecule has 0 aliphatic carbocycles. The van der Waals surface area contributed by atoms with Crippen LogP contribution in [0, 0.1) is 6.92 Å². The molecule has 0 radical (unpaired) electrons. The molecule has 0 spiro atoms. The van der Waals surface area contributed by atoms with Crippen LogP contribution in [0.15, 0.2) is 36.5 Å². The lowest BCUT2D eigenvalue weighted by molar-refractivity contribution is 0.976. The van der Waals surface area contributed by atoms with Crippen molar-refractivity contribution in [3.8, 4) is 21.8 Å². The van der Waals surface area contributed by atoms with Crippen molar-refractivity contribution < 1.29 is 0 Å². The number of nitrogens with one attached hydrogen (secondary N) is 1. The predicted octanol–water partition coefficient (Wildman–Crippen LogP) is 5.05. The maximum atomic E-state index is 6.29. The molecule has 118 valence electrons. The van der Waals surface area contributed by atoms with E-state index in [0.717, 1.165) is 39.9 Å². The van der Waals surface area contributed by atoms with Crippen LogP contribution in [0.5, 0.6) is 0 Å². The van der Waals surface area contributed by atoms with Crippen LogP contribution < -0.4 is 5.32 Å². The van der Waals surface area contributed by atoms with Crippen LogP contribution in [0.3, 0.4) is 0 Å². The van der Waals surface area contributed by atoms with Gasteiger partial charge in [-0.15, -0.1) is 0 Å². The Hall–Kier alpha value is -1.98. The first-order valence-electron chi connectivity index (χ1n) is 7.48. The third-order valence-corrected chi connectivity index (χ3v) is 4.58. The third-order valence-electron chi connectivity index (χ3n) is 3.27. The number of aromatic nitrogens is 3. The molecular weight excluding hydrogens is 328 g/mol. The number of hydrogen-bond acceptors (Lipinski definition) is 5. The molecule has 4 nitrogen and oxygen atoms in total. The van der Waals surface area contributed by atoms with Crippen LogP contribution in [0.2, 0.25) is 5.02 Å². The van der Waals surface area contributed by atoms with Gasteiger partial charge < -0.3 is 5.32 Å². The van der Waals surface area contributed by atoms with Crippen LogP contribution in [-0.4, -0.2) is 21.5 Å². The van der Waals surface area contributed by atoms with Crippen molar-refractivity contribution in [2.45, 2.75) is 20.3 Å². The van der Waals surface area contributed by atoms with Crippen molar-refractivity contribution in [2.24, 2.45) is 0 Å². The summed E-state index contributed by atoms with van der Waals surface area (Å²) in [7, 11) is 0. The second kappa shape index (κ2) is 7.06. The van der Waals surface area contributed by atoms with Gasteiger partial charge in [0.2, 0.25) is 0 Å².